The summed E-state index contributed by atoms with van der Waals surface area (Å²) < 4.78 is 0. The molecule has 22 heavy (non-hydrogen) atoms. The van der Waals surface area contributed by atoms with Crippen LogP contribution in [0.5, 0.6) is 0 Å². The van der Waals surface area contributed by atoms with E-state index in [2.05, 4.69) is 0 Å². The lowest BCUT2D eigenvalue weighted by Crippen LogP contribution is -2.72. The Kier molecular flexibility index (Phi) is 5.03. The van der Waals surface area contributed by atoms with E-state index in [0.29, 0.717) is 19.6 Å². The molecule has 0 bridgehead atoms. The molecule has 6 N–H and O–H groups in total. The third kappa shape index (κ3) is 2.95. The molecule has 126 valence electrons. The van der Waals surface area contributed by atoms with Gasteiger partial charge in [-0.2, -0.15) is 0 Å². The van der Waals surface area contributed by atoms with Gasteiger partial charge in [-0.15, -0.1) is 11.8 Å². The van der Waals surface area contributed by atoms with Crippen LogP contribution in [-0.2, 0) is 9.59 Å². The van der Waals surface area contributed by atoms with Gasteiger partial charge in [0.25, 0.3) is 0 Å². The molecule has 8 nitrogen and oxygen atoms in total. The van der Waals surface area contributed by atoms with Crippen LogP contribution in [0.15, 0.2) is 0 Å². The van der Waals surface area contributed by atoms with Crippen LogP contribution in [0.4, 0.5) is 0 Å². The van der Waals surface area contributed by atoms with E-state index in [0.717, 1.165) is 5.75 Å². The molecule has 2 fully saturated rings. The van der Waals surface area contributed by atoms with Crippen molar-refractivity contribution in [3.63, 3.8) is 0 Å². The minimum atomic E-state index is -0.958. The Balaban J connectivity index is 2.01. The van der Waals surface area contributed by atoms with Gasteiger partial charge in [-0.25, -0.2) is 0 Å². The maximum absolute atomic E-state index is 12.4. The summed E-state index contributed by atoms with van der Waals surface area (Å²) in [5.74, 6) is 0.148. The van der Waals surface area contributed by atoms with Gasteiger partial charge >= 0.3 is 0 Å². The van der Waals surface area contributed by atoms with E-state index in [1.54, 1.807) is 21.6 Å². The molecule has 0 saturated carbocycles. The Morgan fingerprint density at radius 2 is 1.59 bits per heavy atom. The van der Waals surface area contributed by atoms with Crippen molar-refractivity contribution < 1.29 is 19.8 Å². The van der Waals surface area contributed by atoms with E-state index < -0.39 is 29.2 Å². The Morgan fingerprint density at radius 1 is 1.09 bits per heavy atom. The van der Waals surface area contributed by atoms with Crippen LogP contribution in [0.2, 0.25) is 0 Å². The van der Waals surface area contributed by atoms with Gasteiger partial charge in [0.15, 0.2) is 0 Å². The number of likely N-dealkylation sites (tertiary alicyclic amines) is 1. The molecule has 0 aromatic carbocycles. The first-order valence-corrected chi connectivity index (χ1v) is 8.30. The summed E-state index contributed by atoms with van der Waals surface area (Å²) in [7, 11) is 0. The van der Waals surface area contributed by atoms with Crippen LogP contribution < -0.4 is 11.5 Å². The summed E-state index contributed by atoms with van der Waals surface area (Å²) in [5, 5.41) is 18.9. The Morgan fingerprint density at radius 3 is 2.09 bits per heavy atom. The summed E-state index contributed by atoms with van der Waals surface area (Å²) in [6.07, 6.45) is -1.83. The SMILES string of the molecule is C[C@@H](O)[C@H](N)C(=O)N1CC2(C1)SCCN2C(=O)[C@@H](N)[C@@H](C)O. The molecule has 2 rings (SSSR count). The van der Waals surface area contributed by atoms with E-state index in [1.807, 2.05) is 0 Å². The molecule has 0 aliphatic carbocycles. The number of carbonyl (C=O) groups is 2. The van der Waals surface area contributed by atoms with Gasteiger partial charge in [0.2, 0.25) is 11.8 Å². The Labute approximate surface area is 133 Å². The molecule has 0 unspecified atom stereocenters. The van der Waals surface area contributed by atoms with E-state index in [1.165, 1.54) is 13.8 Å². The van der Waals surface area contributed by atoms with Crippen molar-refractivity contribution in [2.45, 2.75) is 43.0 Å². The van der Waals surface area contributed by atoms with Gasteiger partial charge in [0.1, 0.15) is 17.0 Å². The van der Waals surface area contributed by atoms with E-state index in [-0.39, 0.29) is 11.8 Å². The minimum Gasteiger partial charge on any atom is -0.391 e. The number of aliphatic hydroxyl groups is 2. The van der Waals surface area contributed by atoms with Crippen molar-refractivity contribution in [2.24, 2.45) is 11.5 Å². The predicted molar refractivity (Wildman–Crippen MR) is 82.8 cm³/mol. The zero-order valence-corrected chi connectivity index (χ0v) is 13.6. The average Bonchev–Trinajstić information content (AvgIpc) is 2.86. The van der Waals surface area contributed by atoms with Crippen molar-refractivity contribution >= 4 is 23.6 Å². The molecular weight excluding hydrogens is 308 g/mol. The van der Waals surface area contributed by atoms with Crippen molar-refractivity contribution in [2.75, 3.05) is 25.4 Å². The van der Waals surface area contributed by atoms with Gasteiger partial charge in [-0.1, -0.05) is 0 Å². The topological polar surface area (TPSA) is 133 Å². The number of hydrogen-bond acceptors (Lipinski definition) is 7. The van der Waals surface area contributed by atoms with E-state index >= 15 is 0 Å². The quantitative estimate of drug-likeness (QED) is 0.448. The summed E-state index contributed by atoms with van der Waals surface area (Å²) in [6, 6.07) is -1.91. The van der Waals surface area contributed by atoms with Gasteiger partial charge < -0.3 is 31.5 Å². The van der Waals surface area contributed by atoms with Crippen LogP contribution in [0, 0.1) is 0 Å². The number of hydrogen-bond donors (Lipinski definition) is 4. The molecule has 2 aliphatic rings. The van der Waals surface area contributed by atoms with Crippen LogP contribution in [-0.4, -0.2) is 86.4 Å². The van der Waals surface area contributed by atoms with Gasteiger partial charge in [-0.3, -0.25) is 9.59 Å². The number of nitrogens with two attached hydrogens (primary N) is 2. The first kappa shape index (κ1) is 17.5. The number of aliphatic hydroxyl groups excluding tert-OH is 2. The highest BCUT2D eigenvalue weighted by atomic mass is 32.2. The third-order valence-corrected chi connectivity index (χ3v) is 5.64. The van der Waals surface area contributed by atoms with Crippen LogP contribution in [0.25, 0.3) is 0 Å². The standard InChI is InChI=1S/C13H24N4O4S/c1-7(18)9(14)11(20)16-5-13(6-16)17(3-4-22-13)12(21)10(15)8(2)19/h7-10,18-19H,3-6,14-15H2,1-2H3/t7-,8-,9+,10+/m1/s1. The predicted octanol–water partition coefficient (Wildman–Crippen LogP) is -2.48. The summed E-state index contributed by atoms with van der Waals surface area (Å²) in [5.41, 5.74) is 11.4. The molecule has 2 saturated heterocycles. The maximum atomic E-state index is 12.4. The fourth-order valence-corrected chi connectivity index (χ4v) is 4.18. The first-order valence-electron chi connectivity index (χ1n) is 7.31. The molecule has 0 aromatic rings. The van der Waals surface area contributed by atoms with E-state index in [9.17, 15) is 19.8 Å². The number of nitrogens with zero attached hydrogens (tertiary/aromatic N) is 2. The van der Waals surface area contributed by atoms with Crippen molar-refractivity contribution in [1.82, 2.24) is 9.80 Å². The second-order valence-corrected chi connectivity index (χ2v) is 7.47. The number of carbonyl (C=O) groups excluding carboxylic acids is 2. The van der Waals surface area contributed by atoms with Crippen LogP contribution in [0.3, 0.4) is 0 Å². The summed E-state index contributed by atoms with van der Waals surface area (Å²) in [6.45, 7) is 4.25. The fourth-order valence-electron chi connectivity index (χ4n) is 2.69. The molecule has 0 radical (unpaired) electrons. The van der Waals surface area contributed by atoms with Gasteiger partial charge in [0.05, 0.1) is 25.3 Å². The van der Waals surface area contributed by atoms with Crippen LogP contribution >= 0.6 is 11.8 Å². The third-order valence-electron chi connectivity index (χ3n) is 4.24. The van der Waals surface area contributed by atoms with Crippen LogP contribution in [0.1, 0.15) is 13.8 Å². The zero-order valence-electron chi connectivity index (χ0n) is 12.8. The molecule has 2 amide bonds. The second-order valence-electron chi connectivity index (χ2n) is 6.01. The summed E-state index contributed by atoms with van der Waals surface area (Å²) >= 11 is 1.61. The molecular formula is C13H24N4O4S. The molecule has 2 aliphatic heterocycles. The number of amides is 2. The molecule has 1 spiro atoms. The smallest absolute Gasteiger partial charge is 0.243 e. The maximum Gasteiger partial charge on any atom is 0.243 e. The average molecular weight is 332 g/mol. The molecule has 2 heterocycles. The minimum absolute atomic E-state index is 0.299. The Bertz CT molecular complexity index is 453. The molecule has 4 atom stereocenters. The number of thioether (sulfide) groups is 1. The second kappa shape index (κ2) is 6.32. The normalized spacial score (nSPS) is 25.5. The highest BCUT2D eigenvalue weighted by molar-refractivity contribution is 8.01. The van der Waals surface area contributed by atoms with Gasteiger partial charge in [0, 0.05) is 12.3 Å². The van der Waals surface area contributed by atoms with Crippen molar-refractivity contribution in [3.05, 3.63) is 0 Å². The lowest BCUT2D eigenvalue weighted by atomic mass is 10.0. The fraction of sp³-hybridized carbons (Fsp3) is 0.846. The lowest BCUT2D eigenvalue weighted by Gasteiger charge is -2.52. The first-order chi connectivity index (χ1) is 10.2. The van der Waals surface area contributed by atoms with Crippen molar-refractivity contribution in [3.8, 4) is 0 Å². The van der Waals surface area contributed by atoms with Crippen molar-refractivity contribution in [1.29, 1.82) is 0 Å². The summed E-state index contributed by atoms with van der Waals surface area (Å²) in [4.78, 5) is 27.2. The Hall–Kier alpha value is -0.870. The lowest BCUT2D eigenvalue weighted by molar-refractivity contribution is -0.152. The van der Waals surface area contributed by atoms with E-state index in [4.69, 9.17) is 11.5 Å². The zero-order chi connectivity index (χ0) is 16.7. The molecule has 0 aromatic heterocycles. The highest BCUT2D eigenvalue weighted by Gasteiger charge is 2.55. The number of rotatable bonds is 4. The monoisotopic (exact) mass is 332 g/mol. The molecule has 9 heteroatoms. The highest BCUT2D eigenvalue weighted by Crippen LogP contribution is 2.43. The van der Waals surface area contributed by atoms with Gasteiger partial charge in [-0.05, 0) is 13.8 Å². The largest absolute Gasteiger partial charge is 0.391 e.